The number of amides is 2. The highest BCUT2D eigenvalue weighted by Gasteiger charge is 2.08. The van der Waals surface area contributed by atoms with Crippen molar-refractivity contribution in [1.29, 1.82) is 0 Å². The molecule has 138 valence electrons. The Kier molecular flexibility index (Phi) is 6.39. The van der Waals surface area contributed by atoms with E-state index in [4.69, 9.17) is 11.6 Å². The lowest BCUT2D eigenvalue weighted by Gasteiger charge is -2.07. The Morgan fingerprint density at radius 2 is 1.63 bits per heavy atom. The van der Waals surface area contributed by atoms with Crippen LogP contribution in [0, 0.1) is 0 Å². The second-order valence-corrected chi connectivity index (χ2v) is 6.59. The summed E-state index contributed by atoms with van der Waals surface area (Å²) in [5, 5.41) is 7.32. The maximum absolute atomic E-state index is 12.2. The number of nitrogens with zero attached hydrogens (tertiary/aromatic N) is 1. The Morgan fingerprint density at radius 1 is 0.889 bits per heavy atom. The second kappa shape index (κ2) is 9.14. The van der Waals surface area contributed by atoms with Gasteiger partial charge in [0.2, 0.25) is 5.91 Å². The van der Waals surface area contributed by atoms with Crippen molar-refractivity contribution < 1.29 is 9.59 Å². The van der Waals surface area contributed by atoms with Gasteiger partial charge in [0.1, 0.15) is 5.69 Å². The average molecular weight is 382 g/mol. The van der Waals surface area contributed by atoms with Crippen LogP contribution in [0.4, 0.5) is 0 Å². The van der Waals surface area contributed by atoms with E-state index in [2.05, 4.69) is 15.6 Å². The van der Waals surface area contributed by atoms with Gasteiger partial charge in [-0.1, -0.05) is 48.0 Å². The Balaban J connectivity index is 1.38. The Hall–Kier alpha value is -2.92. The Bertz CT molecular complexity index is 942. The lowest BCUT2D eigenvalue weighted by molar-refractivity contribution is -0.120. The van der Waals surface area contributed by atoms with Crippen molar-refractivity contribution in [2.75, 3.05) is 13.1 Å². The number of pyridine rings is 1. The second-order valence-electron chi connectivity index (χ2n) is 6.15. The van der Waals surface area contributed by atoms with Gasteiger partial charge in [0.25, 0.3) is 5.91 Å². The van der Waals surface area contributed by atoms with E-state index in [0.29, 0.717) is 36.6 Å². The van der Waals surface area contributed by atoms with Crippen LogP contribution in [0.15, 0.2) is 60.7 Å². The van der Waals surface area contributed by atoms with E-state index < -0.39 is 0 Å². The third-order valence-corrected chi connectivity index (χ3v) is 4.32. The number of hydrogen-bond donors (Lipinski definition) is 2. The monoisotopic (exact) mass is 381 g/mol. The van der Waals surface area contributed by atoms with E-state index in [1.165, 1.54) is 0 Å². The largest absolute Gasteiger partial charge is 0.356 e. The zero-order valence-corrected chi connectivity index (χ0v) is 15.5. The molecule has 1 aromatic heterocycles. The third kappa shape index (κ3) is 5.53. The number of fused-ring (bicyclic) bond motifs is 1. The zero-order valence-electron chi connectivity index (χ0n) is 14.7. The van der Waals surface area contributed by atoms with Crippen LogP contribution in [0.2, 0.25) is 5.02 Å². The summed E-state index contributed by atoms with van der Waals surface area (Å²) in [4.78, 5) is 28.4. The van der Waals surface area contributed by atoms with E-state index >= 15 is 0 Å². The minimum absolute atomic E-state index is 0.0557. The van der Waals surface area contributed by atoms with Gasteiger partial charge in [-0.25, -0.2) is 4.98 Å². The van der Waals surface area contributed by atoms with E-state index in [1.807, 2.05) is 42.5 Å². The smallest absolute Gasteiger partial charge is 0.269 e. The quantitative estimate of drug-likeness (QED) is 0.616. The fourth-order valence-corrected chi connectivity index (χ4v) is 2.78. The van der Waals surface area contributed by atoms with Crippen LogP contribution in [0.25, 0.3) is 10.9 Å². The van der Waals surface area contributed by atoms with Crippen LogP contribution in [0.1, 0.15) is 22.5 Å². The van der Waals surface area contributed by atoms with Crippen molar-refractivity contribution in [3.8, 4) is 0 Å². The molecule has 0 spiro atoms. The lowest BCUT2D eigenvalue weighted by Crippen LogP contribution is -2.30. The van der Waals surface area contributed by atoms with Gasteiger partial charge in [-0.3, -0.25) is 9.59 Å². The van der Waals surface area contributed by atoms with Crippen LogP contribution in [-0.2, 0) is 11.2 Å². The molecule has 0 saturated heterocycles. The molecule has 0 aliphatic heterocycles. The predicted molar refractivity (Wildman–Crippen MR) is 107 cm³/mol. The van der Waals surface area contributed by atoms with Gasteiger partial charge in [0.05, 0.1) is 11.9 Å². The van der Waals surface area contributed by atoms with Crippen LogP contribution >= 0.6 is 11.6 Å². The Labute approximate surface area is 162 Å². The molecule has 0 aliphatic rings. The molecule has 2 amide bonds. The highest BCUT2D eigenvalue weighted by molar-refractivity contribution is 6.30. The molecule has 1 heterocycles. The van der Waals surface area contributed by atoms with Crippen molar-refractivity contribution >= 4 is 34.3 Å². The van der Waals surface area contributed by atoms with Crippen LogP contribution in [0.5, 0.6) is 0 Å². The number of halogens is 1. The van der Waals surface area contributed by atoms with Crippen molar-refractivity contribution in [2.24, 2.45) is 0 Å². The van der Waals surface area contributed by atoms with Crippen molar-refractivity contribution in [3.05, 3.63) is 76.9 Å². The first kappa shape index (κ1) is 18.9. The summed E-state index contributed by atoms with van der Waals surface area (Å²) in [5.74, 6) is -0.270. The lowest BCUT2D eigenvalue weighted by atomic mass is 10.1. The standard InChI is InChI=1S/C21H20ClN3O2/c22-17-9-6-15(7-10-17)14-20(26)23-12-3-13-24-21(27)19-11-8-16-4-1-2-5-18(16)25-19/h1-2,4-11H,3,12-14H2,(H,23,26)(H,24,27). The van der Waals surface area contributed by atoms with Crippen molar-refractivity contribution in [3.63, 3.8) is 0 Å². The van der Waals surface area contributed by atoms with Crippen LogP contribution in [0.3, 0.4) is 0 Å². The first-order chi connectivity index (χ1) is 13.1. The number of para-hydroxylation sites is 1. The highest BCUT2D eigenvalue weighted by Crippen LogP contribution is 2.12. The first-order valence-corrected chi connectivity index (χ1v) is 9.15. The van der Waals surface area contributed by atoms with Crippen LogP contribution in [-0.4, -0.2) is 29.9 Å². The summed E-state index contributed by atoms with van der Waals surface area (Å²) >= 11 is 5.83. The van der Waals surface area contributed by atoms with Gasteiger partial charge in [-0.15, -0.1) is 0 Å². The van der Waals surface area contributed by atoms with Crippen LogP contribution < -0.4 is 10.6 Å². The molecule has 5 nitrogen and oxygen atoms in total. The number of benzene rings is 2. The van der Waals surface area contributed by atoms with Gasteiger partial charge in [-0.05, 0) is 36.2 Å². The summed E-state index contributed by atoms with van der Waals surface area (Å²) < 4.78 is 0. The maximum atomic E-state index is 12.2. The minimum Gasteiger partial charge on any atom is -0.356 e. The predicted octanol–water partition coefficient (Wildman–Crippen LogP) is 3.37. The number of carbonyl (C=O) groups is 2. The SMILES string of the molecule is O=C(Cc1ccc(Cl)cc1)NCCCNC(=O)c1ccc2ccccc2n1. The van der Waals surface area contributed by atoms with Gasteiger partial charge < -0.3 is 10.6 Å². The molecular formula is C21H20ClN3O2. The number of carbonyl (C=O) groups excluding carboxylic acids is 2. The summed E-state index contributed by atoms with van der Waals surface area (Å²) in [5.41, 5.74) is 2.09. The molecule has 6 heteroatoms. The molecule has 27 heavy (non-hydrogen) atoms. The van der Waals surface area contributed by atoms with E-state index in [-0.39, 0.29) is 11.8 Å². The molecule has 0 fully saturated rings. The summed E-state index contributed by atoms with van der Waals surface area (Å²) in [6, 6.07) is 18.5. The first-order valence-electron chi connectivity index (χ1n) is 8.77. The molecule has 2 aromatic carbocycles. The number of aromatic nitrogens is 1. The van der Waals surface area contributed by atoms with E-state index in [9.17, 15) is 9.59 Å². The molecule has 0 unspecified atom stereocenters. The molecular weight excluding hydrogens is 362 g/mol. The normalized spacial score (nSPS) is 10.6. The zero-order chi connectivity index (χ0) is 19.1. The molecule has 0 aliphatic carbocycles. The number of hydrogen-bond acceptors (Lipinski definition) is 3. The molecule has 3 rings (SSSR count). The Morgan fingerprint density at radius 3 is 2.44 bits per heavy atom. The van der Waals surface area contributed by atoms with Gasteiger partial charge in [0, 0.05) is 23.5 Å². The summed E-state index contributed by atoms with van der Waals surface area (Å²) in [6.45, 7) is 0.965. The van der Waals surface area contributed by atoms with Gasteiger partial charge in [0.15, 0.2) is 0 Å². The molecule has 0 saturated carbocycles. The van der Waals surface area contributed by atoms with Gasteiger partial charge >= 0.3 is 0 Å². The van der Waals surface area contributed by atoms with Gasteiger partial charge in [-0.2, -0.15) is 0 Å². The summed E-state index contributed by atoms with van der Waals surface area (Å²) in [7, 11) is 0. The molecule has 0 bridgehead atoms. The van der Waals surface area contributed by atoms with Crippen molar-refractivity contribution in [2.45, 2.75) is 12.8 Å². The van der Waals surface area contributed by atoms with Crippen molar-refractivity contribution in [1.82, 2.24) is 15.6 Å². The third-order valence-electron chi connectivity index (χ3n) is 4.07. The molecule has 2 N–H and O–H groups in total. The molecule has 0 atom stereocenters. The number of nitrogens with one attached hydrogen (secondary N) is 2. The van der Waals surface area contributed by atoms with E-state index in [0.717, 1.165) is 16.5 Å². The summed E-state index contributed by atoms with van der Waals surface area (Å²) in [6.07, 6.45) is 0.955. The fourth-order valence-electron chi connectivity index (χ4n) is 2.65. The fraction of sp³-hybridized carbons (Fsp3) is 0.190. The van der Waals surface area contributed by atoms with E-state index in [1.54, 1.807) is 18.2 Å². The topological polar surface area (TPSA) is 71.1 Å². The minimum atomic E-state index is -0.215. The average Bonchev–Trinajstić information content (AvgIpc) is 2.69. The molecule has 3 aromatic rings. The number of rotatable bonds is 7. The maximum Gasteiger partial charge on any atom is 0.269 e. The highest BCUT2D eigenvalue weighted by atomic mass is 35.5. The molecule has 0 radical (unpaired) electrons.